The maximum absolute atomic E-state index is 12.9. The molecule has 0 bridgehead atoms. The quantitative estimate of drug-likeness (QED) is 0.473. The van der Waals surface area contributed by atoms with E-state index in [9.17, 15) is 14.0 Å². The Morgan fingerprint density at radius 3 is 2.62 bits per heavy atom. The Morgan fingerprint density at radius 1 is 1.10 bits per heavy atom. The molecule has 0 spiro atoms. The average Bonchev–Trinajstić information content (AvgIpc) is 3.11. The fourth-order valence-electron chi connectivity index (χ4n) is 2.63. The van der Waals surface area contributed by atoms with Crippen LogP contribution in [0.1, 0.15) is 11.3 Å². The van der Waals surface area contributed by atoms with Gasteiger partial charge in [-0.1, -0.05) is 42.1 Å². The Morgan fingerprint density at radius 2 is 1.86 bits per heavy atom. The molecule has 4 aromatic rings. The Labute approximate surface area is 168 Å². The molecule has 1 amide bonds. The number of anilines is 1. The second-order valence-corrected chi connectivity index (χ2v) is 7.07. The summed E-state index contributed by atoms with van der Waals surface area (Å²) in [6.07, 6.45) is 0.361. The van der Waals surface area contributed by atoms with Crippen LogP contribution in [-0.4, -0.2) is 36.5 Å². The predicted molar refractivity (Wildman–Crippen MR) is 106 cm³/mol. The van der Waals surface area contributed by atoms with Crippen LogP contribution in [0.4, 0.5) is 10.1 Å². The van der Waals surface area contributed by atoms with Crippen molar-refractivity contribution in [2.45, 2.75) is 11.6 Å². The van der Waals surface area contributed by atoms with Crippen molar-refractivity contribution in [3.8, 4) is 0 Å². The van der Waals surface area contributed by atoms with Crippen molar-refractivity contribution in [1.82, 2.24) is 24.8 Å². The molecule has 0 unspecified atom stereocenters. The number of carbonyl (C=O) groups excluding carboxylic acids is 1. The molecule has 146 valence electrons. The molecule has 0 saturated heterocycles. The van der Waals surface area contributed by atoms with E-state index in [4.69, 9.17) is 0 Å². The molecule has 2 aromatic carbocycles. The molecule has 0 radical (unpaired) electrons. The van der Waals surface area contributed by atoms with E-state index in [0.29, 0.717) is 23.0 Å². The molecule has 0 aliphatic rings. The van der Waals surface area contributed by atoms with Gasteiger partial charge >= 0.3 is 0 Å². The molecule has 0 aliphatic heterocycles. The van der Waals surface area contributed by atoms with Crippen LogP contribution in [0.3, 0.4) is 0 Å². The van der Waals surface area contributed by atoms with Crippen LogP contribution in [0, 0.1) is 5.82 Å². The van der Waals surface area contributed by atoms with Gasteiger partial charge in [0, 0.05) is 12.1 Å². The summed E-state index contributed by atoms with van der Waals surface area (Å²) in [6, 6.07) is 15.0. The Kier molecular flexibility index (Phi) is 5.34. The van der Waals surface area contributed by atoms with Gasteiger partial charge in [-0.15, -0.1) is 10.2 Å². The summed E-state index contributed by atoms with van der Waals surface area (Å²) in [7, 11) is 0. The van der Waals surface area contributed by atoms with Crippen molar-refractivity contribution < 1.29 is 9.18 Å². The van der Waals surface area contributed by atoms with Crippen molar-refractivity contribution >= 4 is 29.1 Å². The van der Waals surface area contributed by atoms with Gasteiger partial charge in [-0.25, -0.2) is 4.39 Å². The van der Waals surface area contributed by atoms with Gasteiger partial charge in [0.05, 0.1) is 5.75 Å². The number of aromatic nitrogens is 5. The lowest BCUT2D eigenvalue weighted by Gasteiger charge is -2.05. The van der Waals surface area contributed by atoms with Crippen molar-refractivity contribution in [2.75, 3.05) is 11.1 Å². The number of fused-ring (bicyclic) bond motifs is 1. The Bertz CT molecular complexity index is 1210. The van der Waals surface area contributed by atoms with E-state index in [1.54, 1.807) is 0 Å². The molecule has 2 aromatic heterocycles. The summed E-state index contributed by atoms with van der Waals surface area (Å²) in [5, 5.41) is 15.3. The third-order valence-corrected chi connectivity index (χ3v) is 4.91. The lowest BCUT2D eigenvalue weighted by molar-refractivity contribution is -0.113. The maximum Gasteiger partial charge on any atom is 0.274 e. The van der Waals surface area contributed by atoms with E-state index < -0.39 is 0 Å². The van der Waals surface area contributed by atoms with Gasteiger partial charge in [0.15, 0.2) is 0 Å². The zero-order chi connectivity index (χ0) is 20.2. The number of aromatic amines is 1. The number of carbonyl (C=O) groups is 1. The molecule has 0 atom stereocenters. The zero-order valence-electron chi connectivity index (χ0n) is 15.0. The molecule has 10 heteroatoms. The van der Waals surface area contributed by atoms with Crippen LogP contribution in [0.25, 0.3) is 5.78 Å². The summed E-state index contributed by atoms with van der Waals surface area (Å²) in [6.45, 7) is 0. The van der Waals surface area contributed by atoms with E-state index in [0.717, 1.165) is 17.3 Å². The zero-order valence-corrected chi connectivity index (χ0v) is 15.8. The van der Waals surface area contributed by atoms with Gasteiger partial charge in [0.2, 0.25) is 11.1 Å². The molecule has 2 N–H and O–H groups in total. The first-order chi connectivity index (χ1) is 14.1. The molecule has 8 nitrogen and oxygen atoms in total. The maximum atomic E-state index is 12.9. The Balaban J connectivity index is 1.48. The smallest absolute Gasteiger partial charge is 0.274 e. The van der Waals surface area contributed by atoms with E-state index in [1.165, 1.54) is 28.8 Å². The Hall–Kier alpha value is -3.53. The minimum atomic E-state index is -0.376. The van der Waals surface area contributed by atoms with Gasteiger partial charge in [-0.3, -0.25) is 14.6 Å². The fourth-order valence-corrected chi connectivity index (χ4v) is 3.31. The molecule has 0 aliphatic carbocycles. The molecule has 4 rings (SSSR count). The highest BCUT2D eigenvalue weighted by Gasteiger charge is 2.14. The number of thioether (sulfide) groups is 1. The number of nitrogens with zero attached hydrogens (tertiary/aromatic N) is 4. The van der Waals surface area contributed by atoms with Crippen molar-refractivity contribution in [2.24, 2.45) is 0 Å². The predicted octanol–water partition coefficient (Wildman–Crippen LogP) is 2.27. The summed E-state index contributed by atoms with van der Waals surface area (Å²) in [5.74, 6) is -0.410. The minimum absolute atomic E-state index is 0.0486. The fraction of sp³-hybridized carbons (Fsp3) is 0.105. The van der Waals surface area contributed by atoms with Crippen LogP contribution in [0.2, 0.25) is 0 Å². The van der Waals surface area contributed by atoms with Crippen LogP contribution < -0.4 is 10.9 Å². The largest absolute Gasteiger partial charge is 0.325 e. The summed E-state index contributed by atoms with van der Waals surface area (Å²) in [5.41, 5.74) is 1.43. The average molecular weight is 410 g/mol. The minimum Gasteiger partial charge on any atom is -0.325 e. The molecule has 0 fully saturated rings. The normalized spacial score (nSPS) is 10.9. The second kappa shape index (κ2) is 8.23. The van der Waals surface area contributed by atoms with E-state index in [2.05, 4.69) is 25.6 Å². The topological polar surface area (TPSA) is 105 Å². The number of hydrogen-bond acceptors (Lipinski definition) is 6. The standard InChI is InChI=1S/C19H15FN6O2S/c20-13-6-8-14(9-7-13)21-16(27)11-29-19-24-23-18-22-17(28)15(25-26(18)19)10-12-4-2-1-3-5-12/h1-9H,10-11H2,(H,21,27)(H,22,23,28). The third-order valence-electron chi connectivity index (χ3n) is 3.99. The number of halogens is 1. The molecule has 29 heavy (non-hydrogen) atoms. The molecular formula is C19H15FN6O2S. The molecular weight excluding hydrogens is 395 g/mol. The van der Waals surface area contributed by atoms with E-state index in [-0.39, 0.29) is 28.8 Å². The molecule has 0 saturated carbocycles. The van der Waals surface area contributed by atoms with E-state index >= 15 is 0 Å². The van der Waals surface area contributed by atoms with Crippen LogP contribution in [0.5, 0.6) is 0 Å². The summed E-state index contributed by atoms with van der Waals surface area (Å²) < 4.78 is 14.4. The van der Waals surface area contributed by atoms with Crippen LogP contribution in [0.15, 0.2) is 64.5 Å². The number of H-pyrrole nitrogens is 1. The lowest BCUT2D eigenvalue weighted by atomic mass is 10.1. The first-order valence-electron chi connectivity index (χ1n) is 8.65. The van der Waals surface area contributed by atoms with Crippen LogP contribution in [-0.2, 0) is 11.2 Å². The number of amides is 1. The number of rotatable bonds is 6. The third kappa shape index (κ3) is 4.49. The van der Waals surface area contributed by atoms with Crippen LogP contribution >= 0.6 is 11.8 Å². The summed E-state index contributed by atoms with van der Waals surface area (Å²) in [4.78, 5) is 27.0. The van der Waals surface area contributed by atoms with Crippen molar-refractivity contribution in [1.29, 1.82) is 0 Å². The first kappa shape index (κ1) is 18.8. The SMILES string of the molecule is O=C(CSc1nnc2[nH]c(=O)c(Cc3ccccc3)nn12)Nc1ccc(F)cc1. The lowest BCUT2D eigenvalue weighted by Crippen LogP contribution is -2.19. The highest BCUT2D eigenvalue weighted by Crippen LogP contribution is 2.16. The summed E-state index contributed by atoms with van der Waals surface area (Å²) >= 11 is 1.13. The highest BCUT2D eigenvalue weighted by molar-refractivity contribution is 7.99. The first-order valence-corrected chi connectivity index (χ1v) is 9.64. The molecule has 2 heterocycles. The number of hydrogen-bond donors (Lipinski definition) is 2. The number of nitrogens with one attached hydrogen (secondary N) is 2. The highest BCUT2D eigenvalue weighted by atomic mass is 32.2. The van der Waals surface area contributed by atoms with Gasteiger partial charge in [0.1, 0.15) is 11.5 Å². The second-order valence-electron chi connectivity index (χ2n) is 6.12. The number of benzene rings is 2. The van der Waals surface area contributed by atoms with Crippen molar-refractivity contribution in [3.05, 3.63) is 82.0 Å². The van der Waals surface area contributed by atoms with E-state index in [1.807, 2.05) is 30.3 Å². The van der Waals surface area contributed by atoms with Gasteiger partial charge in [0.25, 0.3) is 11.3 Å². The van der Waals surface area contributed by atoms with Gasteiger partial charge in [-0.05, 0) is 29.8 Å². The van der Waals surface area contributed by atoms with Gasteiger partial charge in [-0.2, -0.15) is 9.61 Å². The monoisotopic (exact) mass is 410 g/mol. The van der Waals surface area contributed by atoms with Crippen molar-refractivity contribution in [3.63, 3.8) is 0 Å². The van der Waals surface area contributed by atoms with Gasteiger partial charge < -0.3 is 5.32 Å².